The highest BCUT2D eigenvalue weighted by molar-refractivity contribution is 7.52. The first-order chi connectivity index (χ1) is 19.9. The summed E-state index contributed by atoms with van der Waals surface area (Å²) < 4.78 is 44.8. The smallest absolute Gasteiger partial charge is 0.459 e. The standard InChI is InChI=1S/C27H37N6O8P/c1-6-37-22-20-21(30-25(28)31-22)33(15-29-20)24-26(5,35)19-12-13-27(19,40-24)14-38-42(36,41-18-10-8-7-9-11-18)32-17(4)23(34)39-16(2)3/h7-11,15-17,19,24,35H,6,12-14H2,1-5H3,(H,32,36)(H2,28,30,31)/t17?,19-,24+,26+,27+,42?/m0/s1. The molecule has 0 bridgehead atoms. The molecule has 1 aliphatic heterocycles. The van der Waals surface area contributed by atoms with Crippen molar-refractivity contribution in [3.63, 3.8) is 0 Å². The fourth-order valence-electron chi connectivity index (χ4n) is 5.48. The number of carbonyl (C=O) groups is 1. The molecule has 5 rings (SSSR count). The Morgan fingerprint density at radius 1 is 1.29 bits per heavy atom. The van der Waals surface area contributed by atoms with Crippen molar-refractivity contribution in [2.45, 2.75) is 77.0 Å². The van der Waals surface area contributed by atoms with Crippen molar-refractivity contribution < 1.29 is 37.7 Å². The predicted octanol–water partition coefficient (Wildman–Crippen LogP) is 3.37. The number of hydrogen-bond donors (Lipinski definition) is 3. The van der Waals surface area contributed by atoms with E-state index in [4.69, 9.17) is 29.0 Å². The fourth-order valence-corrected chi connectivity index (χ4v) is 7.03. The highest BCUT2D eigenvalue weighted by Gasteiger charge is 2.67. The molecule has 1 saturated carbocycles. The Hall–Kier alpha value is -3.29. The van der Waals surface area contributed by atoms with Crippen molar-refractivity contribution >= 4 is 30.8 Å². The molecule has 2 fully saturated rings. The van der Waals surface area contributed by atoms with E-state index in [0.717, 1.165) is 0 Å². The zero-order valence-electron chi connectivity index (χ0n) is 24.2. The van der Waals surface area contributed by atoms with Gasteiger partial charge in [0.2, 0.25) is 11.8 Å². The highest BCUT2D eigenvalue weighted by atomic mass is 31.2. The first-order valence-corrected chi connectivity index (χ1v) is 15.4. The maximum atomic E-state index is 14.1. The minimum atomic E-state index is -4.15. The Morgan fingerprint density at radius 3 is 2.67 bits per heavy atom. The van der Waals surface area contributed by atoms with E-state index in [2.05, 4.69) is 20.0 Å². The van der Waals surface area contributed by atoms with Crippen LogP contribution in [0, 0.1) is 5.92 Å². The summed E-state index contributed by atoms with van der Waals surface area (Å²) in [6.07, 6.45) is 1.36. The topological polar surface area (TPSA) is 182 Å². The first-order valence-electron chi connectivity index (χ1n) is 13.9. The van der Waals surface area contributed by atoms with Crippen molar-refractivity contribution in [3.8, 4) is 11.6 Å². The summed E-state index contributed by atoms with van der Waals surface area (Å²) in [5.74, 6) is -0.490. The molecule has 15 heteroatoms. The molecule has 1 aliphatic carbocycles. The Morgan fingerprint density at radius 2 is 2.02 bits per heavy atom. The molecular formula is C27H37N6O8P. The van der Waals surface area contributed by atoms with Crippen LogP contribution in [0.1, 0.15) is 53.7 Å². The van der Waals surface area contributed by atoms with Crippen molar-refractivity contribution in [2.24, 2.45) is 5.92 Å². The molecule has 0 amide bonds. The summed E-state index contributed by atoms with van der Waals surface area (Å²) in [6.45, 7) is 8.60. The van der Waals surface area contributed by atoms with Crippen molar-refractivity contribution in [3.05, 3.63) is 36.7 Å². The number of nitrogens with zero attached hydrogens (tertiary/aromatic N) is 4. The zero-order chi connectivity index (χ0) is 30.3. The Kier molecular flexibility index (Phi) is 8.20. The molecule has 2 aliphatic rings. The third kappa shape index (κ3) is 5.69. The van der Waals surface area contributed by atoms with E-state index in [1.807, 2.05) is 6.92 Å². The van der Waals surface area contributed by atoms with Crippen LogP contribution < -0.4 is 20.1 Å². The second-order valence-electron chi connectivity index (χ2n) is 11.0. The van der Waals surface area contributed by atoms with Crippen LogP contribution in [0.5, 0.6) is 11.6 Å². The van der Waals surface area contributed by atoms with Gasteiger partial charge in [-0.25, -0.2) is 9.55 Å². The summed E-state index contributed by atoms with van der Waals surface area (Å²) >= 11 is 0. The number of aliphatic hydroxyl groups is 1. The Balaban J connectivity index is 1.41. The molecule has 6 atom stereocenters. The largest absolute Gasteiger partial charge is 0.476 e. The normalized spacial score (nSPS) is 27.2. The van der Waals surface area contributed by atoms with Crippen LogP contribution in [0.25, 0.3) is 11.2 Å². The monoisotopic (exact) mass is 604 g/mol. The van der Waals surface area contributed by atoms with E-state index in [-0.39, 0.29) is 36.2 Å². The summed E-state index contributed by atoms with van der Waals surface area (Å²) in [4.78, 5) is 25.4. The number of rotatable bonds is 12. The lowest BCUT2D eigenvalue weighted by atomic mass is 9.64. The number of carbonyl (C=O) groups excluding carboxylic acids is 1. The van der Waals surface area contributed by atoms with Crippen LogP contribution in [0.3, 0.4) is 0 Å². The molecule has 14 nitrogen and oxygen atoms in total. The number of benzene rings is 1. The molecule has 0 spiro atoms. The lowest BCUT2D eigenvalue weighted by molar-refractivity contribution is -0.149. The van der Waals surface area contributed by atoms with Gasteiger partial charge in [0.25, 0.3) is 0 Å². The average Bonchev–Trinajstić information content (AvgIpc) is 3.37. The van der Waals surface area contributed by atoms with Gasteiger partial charge in [-0.2, -0.15) is 15.1 Å². The van der Waals surface area contributed by atoms with Crippen molar-refractivity contribution in [2.75, 3.05) is 18.9 Å². The molecule has 0 radical (unpaired) electrons. The van der Waals surface area contributed by atoms with E-state index in [9.17, 15) is 14.5 Å². The lowest BCUT2D eigenvalue weighted by Gasteiger charge is -2.45. The third-order valence-corrected chi connectivity index (χ3v) is 9.11. The SMILES string of the molecule is CCOc1nc(N)nc2c1ncn2[C@@H]1O[C@@]2(COP(=O)(NC(C)C(=O)OC(C)C)Oc3ccccc3)CC[C@H]2[C@@]1(C)O. The number of ether oxygens (including phenoxy) is 3. The Labute approximate surface area is 243 Å². The lowest BCUT2D eigenvalue weighted by Crippen LogP contribution is -2.54. The van der Waals surface area contributed by atoms with E-state index in [1.165, 1.54) is 13.3 Å². The van der Waals surface area contributed by atoms with Gasteiger partial charge in [0, 0.05) is 5.92 Å². The van der Waals surface area contributed by atoms with Gasteiger partial charge in [0.1, 0.15) is 23.0 Å². The maximum absolute atomic E-state index is 14.1. The molecule has 4 N–H and O–H groups in total. The highest BCUT2D eigenvalue weighted by Crippen LogP contribution is 2.61. The van der Waals surface area contributed by atoms with Crippen LogP contribution in [-0.4, -0.2) is 67.2 Å². The first kappa shape index (κ1) is 30.2. The minimum absolute atomic E-state index is 0.0125. The van der Waals surface area contributed by atoms with Crippen LogP contribution >= 0.6 is 7.75 Å². The molecule has 3 aromatic rings. The maximum Gasteiger partial charge on any atom is 0.459 e. The molecule has 3 heterocycles. The van der Waals surface area contributed by atoms with Gasteiger partial charge in [-0.1, -0.05) is 18.2 Å². The van der Waals surface area contributed by atoms with E-state index in [0.29, 0.717) is 30.6 Å². The average molecular weight is 605 g/mol. The second kappa shape index (κ2) is 11.4. The number of anilines is 1. The molecule has 2 unspecified atom stereocenters. The summed E-state index contributed by atoms with van der Waals surface area (Å²) in [5, 5.41) is 14.4. The van der Waals surface area contributed by atoms with Crippen LogP contribution in [-0.2, 0) is 23.4 Å². The summed E-state index contributed by atoms with van der Waals surface area (Å²) in [7, 11) is -4.15. The third-order valence-electron chi connectivity index (χ3n) is 7.49. The quantitative estimate of drug-likeness (QED) is 0.202. The number of imidazole rings is 1. The summed E-state index contributed by atoms with van der Waals surface area (Å²) in [5.41, 5.74) is 4.26. The van der Waals surface area contributed by atoms with Gasteiger partial charge >= 0.3 is 13.7 Å². The van der Waals surface area contributed by atoms with E-state index in [1.54, 1.807) is 55.7 Å². The molecule has 1 saturated heterocycles. The number of nitrogen functional groups attached to an aromatic ring is 1. The molecule has 2 aromatic heterocycles. The zero-order valence-corrected chi connectivity index (χ0v) is 25.1. The number of aromatic nitrogens is 4. The van der Waals surface area contributed by atoms with Crippen LogP contribution in [0.4, 0.5) is 5.95 Å². The van der Waals surface area contributed by atoms with E-state index < -0.39 is 37.2 Å². The van der Waals surface area contributed by atoms with E-state index >= 15 is 0 Å². The van der Waals surface area contributed by atoms with Gasteiger partial charge in [-0.15, -0.1) is 0 Å². The Bertz CT molecular complexity index is 1480. The van der Waals surface area contributed by atoms with Crippen LogP contribution in [0.2, 0.25) is 0 Å². The van der Waals surface area contributed by atoms with Gasteiger partial charge in [0.15, 0.2) is 17.4 Å². The number of hydrogen-bond acceptors (Lipinski definition) is 12. The molecular weight excluding hydrogens is 567 g/mol. The number of nitrogens with one attached hydrogen (secondary N) is 1. The number of para-hydroxylation sites is 1. The predicted molar refractivity (Wildman–Crippen MR) is 152 cm³/mol. The number of fused-ring (bicyclic) bond motifs is 2. The van der Waals surface area contributed by atoms with Gasteiger partial charge in [0.05, 0.1) is 25.6 Å². The van der Waals surface area contributed by atoms with Gasteiger partial charge in [-0.3, -0.25) is 13.9 Å². The number of nitrogens with two attached hydrogens (primary N) is 1. The molecule has 1 aromatic carbocycles. The van der Waals surface area contributed by atoms with Gasteiger partial charge < -0.3 is 29.6 Å². The molecule has 228 valence electrons. The minimum Gasteiger partial charge on any atom is -0.476 e. The fraction of sp³-hybridized carbons (Fsp3) is 0.556. The van der Waals surface area contributed by atoms with Crippen molar-refractivity contribution in [1.82, 2.24) is 24.6 Å². The summed E-state index contributed by atoms with van der Waals surface area (Å²) in [6, 6.07) is 7.49. The van der Waals surface area contributed by atoms with Gasteiger partial charge in [-0.05, 0) is 59.6 Å². The second-order valence-corrected chi connectivity index (χ2v) is 12.7. The van der Waals surface area contributed by atoms with Crippen LogP contribution in [0.15, 0.2) is 36.7 Å². The number of esters is 1. The molecule has 42 heavy (non-hydrogen) atoms. The van der Waals surface area contributed by atoms with Crippen molar-refractivity contribution in [1.29, 1.82) is 0 Å².